The van der Waals surface area contributed by atoms with E-state index < -0.39 is 51.8 Å². The molecule has 0 saturated heterocycles. The number of H-pyrrole nitrogens is 1. The molecular weight excluding hydrogens is 393 g/mol. The predicted octanol–water partition coefficient (Wildman–Crippen LogP) is 1.78. The van der Waals surface area contributed by atoms with Crippen LogP contribution in [0.3, 0.4) is 0 Å². The fourth-order valence-electron chi connectivity index (χ4n) is 2.42. The van der Waals surface area contributed by atoms with E-state index in [0.29, 0.717) is 25.1 Å². The van der Waals surface area contributed by atoms with Gasteiger partial charge in [0.15, 0.2) is 6.61 Å². The van der Waals surface area contributed by atoms with Crippen molar-refractivity contribution in [2.45, 2.75) is 25.1 Å². The Labute approximate surface area is 153 Å². The summed E-state index contributed by atoms with van der Waals surface area (Å²) in [4.78, 5) is 41.5. The highest BCUT2D eigenvalue weighted by Crippen LogP contribution is 2.35. The van der Waals surface area contributed by atoms with Crippen molar-refractivity contribution in [3.8, 4) is 5.88 Å². The number of nitrogens with zero attached hydrogens (tertiary/aromatic N) is 2. The van der Waals surface area contributed by atoms with Crippen LogP contribution in [0.1, 0.15) is 34.8 Å². The van der Waals surface area contributed by atoms with Crippen LogP contribution in [0.15, 0.2) is 21.9 Å². The van der Waals surface area contributed by atoms with Gasteiger partial charge in [-0.3, -0.25) is 19.1 Å². The van der Waals surface area contributed by atoms with Gasteiger partial charge < -0.3 is 10.5 Å². The summed E-state index contributed by atoms with van der Waals surface area (Å²) in [5.74, 6) is -1.57. The van der Waals surface area contributed by atoms with E-state index in [9.17, 15) is 27.6 Å². The van der Waals surface area contributed by atoms with Gasteiger partial charge in [-0.05, 0) is 18.9 Å². The SMILES string of the molecule is Nc1c(C(=O)COc2ncc(C(F)(F)F)cc2Cl)c(=O)[nH]c(=O)n1C1CC1. The van der Waals surface area contributed by atoms with Gasteiger partial charge in [-0.25, -0.2) is 9.78 Å². The summed E-state index contributed by atoms with van der Waals surface area (Å²) >= 11 is 5.69. The second kappa shape index (κ2) is 6.72. The maximum atomic E-state index is 12.6. The van der Waals surface area contributed by atoms with E-state index in [1.807, 2.05) is 4.98 Å². The number of halogens is 4. The maximum Gasteiger partial charge on any atom is 0.417 e. The standard InChI is InChI=1S/C15H12ClF3N4O4/c16-8-3-6(15(17,18)19)4-21-13(8)27-5-9(24)10-11(20)23(7-1-2-7)14(26)22-12(10)25/h3-4,7H,1-2,5,20H2,(H,22,25,26). The monoisotopic (exact) mass is 404 g/mol. The average molecular weight is 405 g/mol. The van der Waals surface area contributed by atoms with E-state index in [1.54, 1.807) is 0 Å². The lowest BCUT2D eigenvalue weighted by molar-refractivity contribution is -0.137. The molecule has 0 unspecified atom stereocenters. The van der Waals surface area contributed by atoms with Crippen molar-refractivity contribution in [2.24, 2.45) is 0 Å². The number of rotatable bonds is 5. The van der Waals surface area contributed by atoms with Crippen molar-refractivity contribution in [1.29, 1.82) is 0 Å². The molecule has 1 aliphatic carbocycles. The van der Waals surface area contributed by atoms with Gasteiger partial charge in [-0.15, -0.1) is 0 Å². The summed E-state index contributed by atoms with van der Waals surface area (Å²) in [6.45, 7) is -0.756. The third kappa shape index (κ3) is 3.82. The van der Waals surface area contributed by atoms with Gasteiger partial charge >= 0.3 is 11.9 Å². The molecule has 2 heterocycles. The molecule has 144 valence electrons. The molecule has 3 rings (SSSR count). The number of aromatic nitrogens is 3. The summed E-state index contributed by atoms with van der Waals surface area (Å²) in [6, 6.07) is 0.413. The second-order valence-corrected chi connectivity index (χ2v) is 6.25. The first-order valence-corrected chi connectivity index (χ1v) is 8.00. The minimum absolute atomic E-state index is 0.187. The summed E-state index contributed by atoms with van der Waals surface area (Å²) in [7, 11) is 0. The van der Waals surface area contributed by atoms with Gasteiger partial charge in [-0.1, -0.05) is 11.6 Å². The van der Waals surface area contributed by atoms with Crippen LogP contribution in [0.5, 0.6) is 5.88 Å². The van der Waals surface area contributed by atoms with Gasteiger partial charge in [-0.2, -0.15) is 13.2 Å². The number of ketones is 1. The van der Waals surface area contributed by atoms with Gasteiger partial charge in [0.05, 0.1) is 5.56 Å². The van der Waals surface area contributed by atoms with Crippen molar-refractivity contribution in [1.82, 2.24) is 14.5 Å². The number of Topliss-reactive ketones (excluding diaryl/α,β-unsaturated/α-hetero) is 1. The molecule has 3 N–H and O–H groups in total. The van der Waals surface area contributed by atoms with Crippen LogP contribution in [0.2, 0.25) is 5.02 Å². The third-order valence-corrected chi connectivity index (χ3v) is 4.12. The lowest BCUT2D eigenvalue weighted by Gasteiger charge is -2.12. The Kier molecular flexibility index (Phi) is 4.72. The molecule has 0 aliphatic heterocycles. The van der Waals surface area contributed by atoms with Crippen molar-refractivity contribution in [2.75, 3.05) is 12.3 Å². The molecule has 0 spiro atoms. The molecule has 2 aromatic rings. The van der Waals surface area contributed by atoms with E-state index in [1.165, 1.54) is 0 Å². The zero-order valence-electron chi connectivity index (χ0n) is 13.5. The van der Waals surface area contributed by atoms with E-state index in [-0.39, 0.29) is 11.9 Å². The molecule has 27 heavy (non-hydrogen) atoms. The molecule has 0 aromatic carbocycles. The molecule has 0 amide bonds. The van der Waals surface area contributed by atoms with E-state index in [0.717, 1.165) is 4.57 Å². The normalized spacial score (nSPS) is 14.2. The third-order valence-electron chi connectivity index (χ3n) is 3.85. The Morgan fingerprint density at radius 3 is 2.63 bits per heavy atom. The van der Waals surface area contributed by atoms with Crippen molar-refractivity contribution >= 4 is 23.2 Å². The smallest absolute Gasteiger partial charge is 0.417 e. The first-order valence-electron chi connectivity index (χ1n) is 7.62. The molecule has 8 nitrogen and oxygen atoms in total. The largest absolute Gasteiger partial charge is 0.468 e. The van der Waals surface area contributed by atoms with Crippen LogP contribution >= 0.6 is 11.6 Å². The van der Waals surface area contributed by atoms with E-state index in [2.05, 4.69) is 4.98 Å². The van der Waals surface area contributed by atoms with Gasteiger partial charge in [0, 0.05) is 12.2 Å². The van der Waals surface area contributed by atoms with Crippen molar-refractivity contribution in [3.05, 3.63) is 49.3 Å². The lowest BCUT2D eigenvalue weighted by Crippen LogP contribution is -2.37. The Balaban J connectivity index is 1.82. The fraction of sp³-hybridized carbons (Fsp3) is 0.333. The Bertz CT molecular complexity index is 1030. The van der Waals surface area contributed by atoms with Crippen LogP contribution in [0.4, 0.5) is 19.0 Å². The summed E-state index contributed by atoms with van der Waals surface area (Å²) in [5, 5.41) is -0.456. The van der Waals surface area contributed by atoms with Crippen molar-refractivity contribution in [3.63, 3.8) is 0 Å². The zero-order valence-corrected chi connectivity index (χ0v) is 14.2. The molecule has 2 aromatic heterocycles. The van der Waals surface area contributed by atoms with Crippen LogP contribution in [0.25, 0.3) is 0 Å². The number of ether oxygens (including phenoxy) is 1. The number of nitrogens with two attached hydrogens (primary N) is 1. The fourth-order valence-corrected chi connectivity index (χ4v) is 2.64. The van der Waals surface area contributed by atoms with Gasteiger partial charge in [0.2, 0.25) is 11.7 Å². The number of anilines is 1. The highest BCUT2D eigenvalue weighted by atomic mass is 35.5. The number of alkyl halides is 3. The molecule has 0 radical (unpaired) electrons. The predicted molar refractivity (Wildman–Crippen MR) is 88.1 cm³/mol. The van der Waals surface area contributed by atoms with Crippen LogP contribution in [-0.2, 0) is 6.18 Å². The molecule has 1 aliphatic rings. The topological polar surface area (TPSA) is 120 Å². The number of carbonyl (C=O) groups excluding carboxylic acids is 1. The van der Waals surface area contributed by atoms with Gasteiger partial charge in [0.25, 0.3) is 5.56 Å². The summed E-state index contributed by atoms with van der Waals surface area (Å²) in [6.07, 6.45) is -2.76. The first-order chi connectivity index (χ1) is 12.6. The highest BCUT2D eigenvalue weighted by Gasteiger charge is 2.32. The Hall–Kier alpha value is -2.82. The summed E-state index contributed by atoms with van der Waals surface area (Å²) < 4.78 is 43.9. The van der Waals surface area contributed by atoms with Crippen LogP contribution in [-0.4, -0.2) is 26.9 Å². The number of carbonyl (C=O) groups is 1. The summed E-state index contributed by atoms with van der Waals surface area (Å²) in [5.41, 5.74) is 2.55. The second-order valence-electron chi connectivity index (χ2n) is 5.84. The lowest BCUT2D eigenvalue weighted by atomic mass is 10.2. The molecule has 12 heteroatoms. The number of aromatic amines is 1. The van der Waals surface area contributed by atoms with E-state index in [4.69, 9.17) is 22.1 Å². The molecule has 0 bridgehead atoms. The number of hydrogen-bond acceptors (Lipinski definition) is 6. The molecule has 1 fully saturated rings. The average Bonchev–Trinajstić information content (AvgIpc) is 3.37. The molecule has 0 atom stereocenters. The zero-order chi connectivity index (χ0) is 19.9. The molecular formula is C15H12ClF3N4O4. The van der Waals surface area contributed by atoms with Crippen LogP contribution < -0.4 is 21.7 Å². The quantitative estimate of drug-likeness (QED) is 0.733. The molecule has 1 saturated carbocycles. The number of pyridine rings is 1. The highest BCUT2D eigenvalue weighted by molar-refractivity contribution is 6.31. The Morgan fingerprint density at radius 1 is 1.41 bits per heavy atom. The minimum Gasteiger partial charge on any atom is -0.468 e. The Morgan fingerprint density at radius 2 is 2.07 bits per heavy atom. The minimum atomic E-state index is -4.64. The van der Waals surface area contributed by atoms with Gasteiger partial charge in [0.1, 0.15) is 16.4 Å². The van der Waals surface area contributed by atoms with Crippen molar-refractivity contribution < 1.29 is 22.7 Å². The first kappa shape index (κ1) is 19.0. The number of nitrogens with one attached hydrogen (secondary N) is 1. The van der Waals surface area contributed by atoms with E-state index >= 15 is 0 Å². The number of hydrogen-bond donors (Lipinski definition) is 2. The van der Waals surface area contributed by atoms with Crippen LogP contribution in [0, 0.1) is 0 Å². The maximum absolute atomic E-state index is 12.6. The number of nitrogen functional groups attached to an aromatic ring is 1.